The molecule has 0 radical (unpaired) electrons. The third-order valence-corrected chi connectivity index (χ3v) is 3.04. The summed E-state index contributed by atoms with van der Waals surface area (Å²) >= 11 is 0. The highest BCUT2D eigenvalue weighted by Crippen LogP contribution is 2.06. The quantitative estimate of drug-likeness (QED) is 0.369. The Labute approximate surface area is 68.5 Å². The Balaban J connectivity index is 3.98. The molecule has 0 heterocycles. The van der Waals surface area contributed by atoms with E-state index in [4.69, 9.17) is 13.4 Å². The Kier molecular flexibility index (Phi) is 4.32. The van der Waals surface area contributed by atoms with E-state index in [0.717, 1.165) is 5.71 Å². The van der Waals surface area contributed by atoms with Crippen LogP contribution in [0.15, 0.2) is 5.16 Å². The zero-order valence-corrected chi connectivity index (χ0v) is 8.67. The molecular formula is C6H15NO3Si. The van der Waals surface area contributed by atoms with Crippen LogP contribution >= 0.6 is 0 Å². The number of rotatable bonds is 4. The van der Waals surface area contributed by atoms with Crippen LogP contribution in [0.25, 0.3) is 0 Å². The van der Waals surface area contributed by atoms with Crippen molar-refractivity contribution >= 4 is 14.5 Å². The minimum atomic E-state index is -2.45. The highest BCUT2D eigenvalue weighted by Gasteiger charge is 2.34. The van der Waals surface area contributed by atoms with E-state index in [1.165, 1.54) is 0 Å². The van der Waals surface area contributed by atoms with Gasteiger partial charge in [-0.2, -0.15) is 0 Å². The van der Waals surface area contributed by atoms with E-state index >= 15 is 0 Å². The van der Waals surface area contributed by atoms with Crippen LogP contribution in [0.4, 0.5) is 0 Å². The minimum absolute atomic E-state index is 0.845. The molecule has 0 aromatic carbocycles. The summed E-state index contributed by atoms with van der Waals surface area (Å²) in [6.45, 7) is 5.47. The molecule has 0 saturated heterocycles. The molecule has 0 bridgehead atoms. The summed E-state index contributed by atoms with van der Waals surface area (Å²) < 4.78 is 15.1. The zero-order chi connectivity index (χ0) is 8.91. The van der Waals surface area contributed by atoms with Crippen LogP contribution in [0.5, 0.6) is 0 Å². The molecule has 0 aromatic rings. The van der Waals surface area contributed by atoms with E-state index < -0.39 is 8.80 Å². The van der Waals surface area contributed by atoms with Crippen molar-refractivity contribution in [3.05, 3.63) is 0 Å². The predicted molar refractivity (Wildman–Crippen MR) is 45.5 cm³/mol. The Morgan fingerprint density at radius 3 is 1.91 bits per heavy atom. The van der Waals surface area contributed by atoms with Gasteiger partial charge < -0.3 is 13.4 Å². The third kappa shape index (κ3) is 4.13. The van der Waals surface area contributed by atoms with E-state index in [0.29, 0.717) is 0 Å². The molecule has 0 rings (SSSR count). The van der Waals surface area contributed by atoms with Gasteiger partial charge in [0, 0.05) is 26.5 Å². The molecule has 0 aliphatic heterocycles. The second-order valence-corrected chi connectivity index (χ2v) is 5.12. The fourth-order valence-electron chi connectivity index (χ4n) is 0.332. The van der Waals surface area contributed by atoms with E-state index in [2.05, 4.69) is 5.16 Å². The van der Waals surface area contributed by atoms with Crippen molar-refractivity contribution in [2.75, 3.05) is 14.2 Å². The molecule has 4 nitrogen and oxygen atoms in total. The highest BCUT2D eigenvalue weighted by molar-refractivity contribution is 6.59. The predicted octanol–water partition coefficient (Wildman–Crippen LogP) is 1.26. The smallest absolute Gasteiger partial charge is 0.394 e. The van der Waals surface area contributed by atoms with Crippen molar-refractivity contribution < 1.29 is 13.4 Å². The van der Waals surface area contributed by atoms with Gasteiger partial charge in [-0.15, -0.1) is 5.16 Å². The summed E-state index contributed by atoms with van der Waals surface area (Å²) in [6, 6.07) is 0. The summed E-state index contributed by atoms with van der Waals surface area (Å²) in [5.74, 6) is 0. The Morgan fingerprint density at radius 2 is 1.64 bits per heavy atom. The number of oxime groups is 1. The second kappa shape index (κ2) is 4.48. The molecule has 0 N–H and O–H groups in total. The minimum Gasteiger partial charge on any atom is -0.394 e. The van der Waals surface area contributed by atoms with Crippen LogP contribution in [-0.4, -0.2) is 28.7 Å². The third-order valence-electron chi connectivity index (χ3n) is 1.14. The molecule has 0 aromatic heterocycles. The average Bonchev–Trinajstić information content (AvgIpc) is 2.00. The summed E-state index contributed by atoms with van der Waals surface area (Å²) in [7, 11) is 0.656. The van der Waals surface area contributed by atoms with Gasteiger partial charge in [-0.1, -0.05) is 0 Å². The molecule has 0 aliphatic rings. The van der Waals surface area contributed by atoms with Gasteiger partial charge in [0.05, 0.1) is 0 Å². The van der Waals surface area contributed by atoms with Gasteiger partial charge in [0.25, 0.3) is 0 Å². The lowest BCUT2D eigenvalue weighted by molar-refractivity contribution is 0.109. The molecule has 0 amide bonds. The number of nitrogens with zero attached hydrogens (tertiary/aromatic N) is 1. The van der Waals surface area contributed by atoms with Crippen molar-refractivity contribution in [1.29, 1.82) is 0 Å². The maximum atomic E-state index is 5.07. The van der Waals surface area contributed by atoms with Crippen molar-refractivity contribution in [3.63, 3.8) is 0 Å². The van der Waals surface area contributed by atoms with E-state index in [1.54, 1.807) is 20.8 Å². The molecule has 0 fully saturated rings. The van der Waals surface area contributed by atoms with Crippen LogP contribution < -0.4 is 0 Å². The lowest BCUT2D eigenvalue weighted by atomic mass is 10.5. The summed E-state index contributed by atoms with van der Waals surface area (Å²) in [4.78, 5) is 0. The summed E-state index contributed by atoms with van der Waals surface area (Å²) in [6.07, 6.45) is 0. The Hall–Kier alpha value is -0.393. The molecular weight excluding hydrogens is 162 g/mol. The average molecular weight is 177 g/mol. The normalized spacial score (nSPS) is 11.0. The lowest BCUT2D eigenvalue weighted by Gasteiger charge is -2.18. The van der Waals surface area contributed by atoms with Gasteiger partial charge >= 0.3 is 8.80 Å². The summed E-state index contributed by atoms with van der Waals surface area (Å²) in [5, 5.41) is 3.77. The van der Waals surface area contributed by atoms with Gasteiger partial charge in [-0.25, -0.2) is 0 Å². The molecule has 0 aliphatic carbocycles. The van der Waals surface area contributed by atoms with Gasteiger partial charge in [-0.05, 0) is 13.8 Å². The maximum Gasteiger partial charge on any atom is 0.583 e. The SMILES string of the molecule is CO[Si](C)(OC)ON=C(C)C. The highest BCUT2D eigenvalue weighted by atomic mass is 28.4. The lowest BCUT2D eigenvalue weighted by Crippen LogP contribution is -2.38. The van der Waals surface area contributed by atoms with Crippen LogP contribution in [0.1, 0.15) is 13.8 Å². The van der Waals surface area contributed by atoms with E-state index in [9.17, 15) is 0 Å². The standard InChI is InChI=1S/C6H15NO3Si/c1-6(2)7-10-11(5,8-3)9-4/h1-5H3. The first kappa shape index (κ1) is 10.6. The molecule has 5 heteroatoms. The van der Waals surface area contributed by atoms with E-state index in [1.807, 2.05) is 13.8 Å². The van der Waals surface area contributed by atoms with Crippen molar-refractivity contribution in [3.8, 4) is 0 Å². The topological polar surface area (TPSA) is 40.0 Å². The van der Waals surface area contributed by atoms with Gasteiger partial charge in [0.2, 0.25) is 0 Å². The molecule has 0 unspecified atom stereocenters. The van der Waals surface area contributed by atoms with Crippen LogP contribution in [0, 0.1) is 0 Å². The fourth-order valence-corrected chi connectivity index (χ4v) is 0.996. The Bertz CT molecular complexity index is 141. The Morgan fingerprint density at radius 1 is 1.18 bits per heavy atom. The monoisotopic (exact) mass is 177 g/mol. The number of hydrogen-bond acceptors (Lipinski definition) is 4. The maximum absolute atomic E-state index is 5.07. The molecule has 0 atom stereocenters. The van der Waals surface area contributed by atoms with Gasteiger partial charge in [0.1, 0.15) is 0 Å². The second-order valence-electron chi connectivity index (χ2n) is 2.40. The van der Waals surface area contributed by atoms with Crippen molar-refractivity contribution in [1.82, 2.24) is 0 Å². The van der Waals surface area contributed by atoms with E-state index in [-0.39, 0.29) is 0 Å². The van der Waals surface area contributed by atoms with Gasteiger partial charge in [0.15, 0.2) is 0 Å². The number of hydrogen-bond donors (Lipinski definition) is 0. The first-order valence-corrected chi connectivity index (χ1v) is 5.56. The molecule has 11 heavy (non-hydrogen) atoms. The largest absolute Gasteiger partial charge is 0.583 e. The van der Waals surface area contributed by atoms with Crippen molar-refractivity contribution in [2.24, 2.45) is 5.16 Å². The van der Waals surface area contributed by atoms with Crippen LogP contribution in [-0.2, 0) is 13.4 Å². The zero-order valence-electron chi connectivity index (χ0n) is 7.67. The van der Waals surface area contributed by atoms with Crippen LogP contribution in [0.3, 0.4) is 0 Å². The fraction of sp³-hybridized carbons (Fsp3) is 0.833. The molecule has 0 spiro atoms. The van der Waals surface area contributed by atoms with Crippen molar-refractivity contribution in [2.45, 2.75) is 20.4 Å². The first-order valence-electron chi connectivity index (χ1n) is 3.34. The van der Waals surface area contributed by atoms with Gasteiger partial charge in [-0.3, -0.25) is 0 Å². The molecule has 0 saturated carbocycles. The summed E-state index contributed by atoms with van der Waals surface area (Å²) in [5.41, 5.74) is 0.845. The first-order chi connectivity index (χ1) is 5.04. The molecule has 66 valence electrons. The van der Waals surface area contributed by atoms with Crippen LogP contribution in [0.2, 0.25) is 6.55 Å².